The molecule has 1 saturated heterocycles. The number of benzene rings is 2. The second kappa shape index (κ2) is 12.1. The van der Waals surface area contributed by atoms with Crippen LogP contribution in [0, 0.1) is 0 Å². The molecule has 1 N–H and O–H groups in total. The highest BCUT2D eigenvalue weighted by atomic mass is 16.5. The lowest BCUT2D eigenvalue weighted by molar-refractivity contribution is -0.137. The number of fused-ring (bicyclic) bond motifs is 9. The zero-order valence-electron chi connectivity index (χ0n) is 23.3. The van der Waals surface area contributed by atoms with Gasteiger partial charge in [-0.2, -0.15) is 0 Å². The molecule has 7 rings (SSSR count). The molecule has 3 aromatic rings. The van der Waals surface area contributed by atoms with Crippen molar-refractivity contribution in [3.63, 3.8) is 0 Å². The molecule has 3 amide bonds. The highest BCUT2D eigenvalue weighted by Crippen LogP contribution is 2.34. The van der Waals surface area contributed by atoms with Crippen LogP contribution in [0.1, 0.15) is 30.4 Å². The zero-order valence-corrected chi connectivity index (χ0v) is 23.3. The summed E-state index contributed by atoms with van der Waals surface area (Å²) in [5.41, 5.74) is 1.81. The number of hydrogen-bond acceptors (Lipinski definition) is 9. The Morgan fingerprint density at radius 1 is 1.10 bits per heavy atom. The summed E-state index contributed by atoms with van der Waals surface area (Å²) >= 11 is 0. The maximum atomic E-state index is 13.3. The Labute approximate surface area is 242 Å². The van der Waals surface area contributed by atoms with Crippen molar-refractivity contribution < 1.29 is 28.6 Å². The summed E-state index contributed by atoms with van der Waals surface area (Å²) in [6, 6.07) is 12.8. The minimum absolute atomic E-state index is 0.0199. The van der Waals surface area contributed by atoms with Crippen LogP contribution in [0.3, 0.4) is 0 Å². The molecule has 220 valence electrons. The van der Waals surface area contributed by atoms with E-state index in [0.717, 1.165) is 24.0 Å². The molecule has 4 heterocycles. The fourth-order valence-electron chi connectivity index (χ4n) is 5.37. The van der Waals surface area contributed by atoms with E-state index in [1.54, 1.807) is 16.9 Å². The second-order valence-corrected chi connectivity index (χ2v) is 10.8. The number of rotatable bonds is 4. The molecule has 4 bridgehead atoms. The van der Waals surface area contributed by atoms with Crippen LogP contribution in [0.25, 0.3) is 0 Å². The fourth-order valence-corrected chi connectivity index (χ4v) is 5.37. The number of aryl methyl sites for hydroxylation is 1. The van der Waals surface area contributed by atoms with E-state index in [1.807, 2.05) is 42.5 Å². The van der Waals surface area contributed by atoms with E-state index in [1.165, 1.54) is 11.0 Å². The Bertz CT molecular complexity index is 1440. The molecular formula is C29H33N7O6. The Kier molecular flexibility index (Phi) is 8.00. The van der Waals surface area contributed by atoms with Crippen LogP contribution in [0.5, 0.6) is 17.2 Å². The number of nitrogens with one attached hydrogen (secondary N) is 1. The first-order valence-electron chi connectivity index (χ1n) is 14.1. The molecular weight excluding hydrogens is 542 g/mol. The SMILES string of the molecule is COc1cc2ccc1Oc1cccc(c1)CO[C@H]1CN(C(=O)Cn3cnnn3)C[C@@H]1NC(=O)CN(C1CC1)C(=O)CC2. The largest absolute Gasteiger partial charge is 0.493 e. The quantitative estimate of drug-likeness (QED) is 0.488. The van der Waals surface area contributed by atoms with Gasteiger partial charge in [0, 0.05) is 25.6 Å². The van der Waals surface area contributed by atoms with Crippen LogP contribution < -0.4 is 14.8 Å². The average Bonchev–Trinajstić information content (AvgIpc) is 3.55. The van der Waals surface area contributed by atoms with Crippen molar-refractivity contribution in [3.8, 4) is 17.2 Å². The number of likely N-dealkylation sites (tertiary alicyclic amines) is 1. The topological polar surface area (TPSA) is 141 Å². The van der Waals surface area contributed by atoms with Gasteiger partial charge in [-0.25, -0.2) is 4.68 Å². The van der Waals surface area contributed by atoms with Gasteiger partial charge in [-0.1, -0.05) is 18.2 Å². The van der Waals surface area contributed by atoms with Crippen molar-refractivity contribution in [1.82, 2.24) is 35.3 Å². The summed E-state index contributed by atoms with van der Waals surface area (Å²) in [6.45, 7) is 0.742. The third kappa shape index (κ3) is 6.51. The molecule has 42 heavy (non-hydrogen) atoms. The number of aromatic nitrogens is 4. The van der Waals surface area contributed by atoms with Crippen LogP contribution in [-0.2, 0) is 38.7 Å². The number of carbonyl (C=O) groups is 3. The molecule has 0 unspecified atom stereocenters. The van der Waals surface area contributed by atoms with Crippen LogP contribution in [0.15, 0.2) is 48.8 Å². The summed E-state index contributed by atoms with van der Waals surface area (Å²) in [5, 5.41) is 14.0. The molecule has 0 spiro atoms. The minimum atomic E-state index is -0.462. The monoisotopic (exact) mass is 575 g/mol. The van der Waals surface area contributed by atoms with Crippen molar-refractivity contribution in [2.75, 3.05) is 26.7 Å². The van der Waals surface area contributed by atoms with E-state index in [2.05, 4.69) is 20.8 Å². The lowest BCUT2D eigenvalue weighted by Gasteiger charge is -2.25. The third-order valence-corrected chi connectivity index (χ3v) is 7.72. The highest BCUT2D eigenvalue weighted by Gasteiger charge is 2.39. The summed E-state index contributed by atoms with van der Waals surface area (Å²) in [4.78, 5) is 42.9. The van der Waals surface area contributed by atoms with Crippen LogP contribution in [0.4, 0.5) is 0 Å². The molecule has 1 saturated carbocycles. The van der Waals surface area contributed by atoms with E-state index < -0.39 is 12.1 Å². The molecule has 3 aliphatic heterocycles. The lowest BCUT2D eigenvalue weighted by Crippen LogP contribution is -2.49. The minimum Gasteiger partial charge on any atom is -0.493 e. The Morgan fingerprint density at radius 3 is 2.76 bits per heavy atom. The molecule has 4 aliphatic rings. The Hall–Kier alpha value is -4.52. The first kappa shape index (κ1) is 27.6. The van der Waals surface area contributed by atoms with E-state index in [4.69, 9.17) is 14.2 Å². The van der Waals surface area contributed by atoms with Gasteiger partial charge in [0.25, 0.3) is 0 Å². The van der Waals surface area contributed by atoms with Gasteiger partial charge < -0.3 is 29.3 Å². The van der Waals surface area contributed by atoms with Crippen LogP contribution in [0.2, 0.25) is 0 Å². The summed E-state index contributed by atoms with van der Waals surface area (Å²) in [6.07, 6.45) is 3.45. The number of carbonyl (C=O) groups excluding carboxylic acids is 3. The van der Waals surface area contributed by atoms with E-state index in [9.17, 15) is 14.4 Å². The number of nitrogens with zero attached hydrogens (tertiary/aromatic N) is 6. The van der Waals surface area contributed by atoms with Gasteiger partial charge >= 0.3 is 0 Å². The van der Waals surface area contributed by atoms with E-state index in [0.29, 0.717) is 23.7 Å². The van der Waals surface area contributed by atoms with E-state index in [-0.39, 0.29) is 63.0 Å². The van der Waals surface area contributed by atoms with Gasteiger partial charge in [-0.15, -0.1) is 5.10 Å². The Morgan fingerprint density at radius 2 is 1.98 bits per heavy atom. The number of amides is 3. The van der Waals surface area contributed by atoms with Gasteiger partial charge in [0.2, 0.25) is 17.7 Å². The number of hydrogen-bond donors (Lipinski definition) is 1. The summed E-state index contributed by atoms with van der Waals surface area (Å²) in [5.74, 6) is 1.21. The average molecular weight is 576 g/mol. The maximum Gasteiger partial charge on any atom is 0.244 e. The zero-order chi connectivity index (χ0) is 29.1. The van der Waals surface area contributed by atoms with Gasteiger partial charge in [0.05, 0.1) is 32.4 Å². The van der Waals surface area contributed by atoms with Gasteiger partial charge in [-0.05, 0) is 65.1 Å². The van der Waals surface area contributed by atoms with Crippen molar-refractivity contribution in [2.24, 2.45) is 0 Å². The lowest BCUT2D eigenvalue weighted by atomic mass is 10.1. The molecule has 13 nitrogen and oxygen atoms in total. The van der Waals surface area contributed by atoms with E-state index >= 15 is 0 Å². The van der Waals surface area contributed by atoms with Crippen LogP contribution >= 0.6 is 0 Å². The van der Waals surface area contributed by atoms with Crippen molar-refractivity contribution in [1.29, 1.82) is 0 Å². The predicted octanol–water partition coefficient (Wildman–Crippen LogP) is 1.32. The number of methoxy groups -OCH3 is 1. The van der Waals surface area contributed by atoms with Gasteiger partial charge in [0.15, 0.2) is 11.5 Å². The molecule has 1 aromatic heterocycles. The predicted molar refractivity (Wildman–Crippen MR) is 147 cm³/mol. The standard InChI is InChI=1S/C29H33N7O6/c1-40-25-12-19-5-9-24(25)42-22-4-2-3-20(11-22)17-41-26-14-34(29(39)16-35-18-30-32-33-35)13-23(26)31-27(37)15-36(21-7-8-21)28(38)10-6-19/h2-5,9,11-12,18,21,23,26H,6-8,10,13-17H2,1H3,(H,31,37)/t23-,26-/m0/s1. The van der Waals surface area contributed by atoms with Crippen molar-refractivity contribution >= 4 is 17.7 Å². The van der Waals surface area contributed by atoms with Gasteiger partial charge in [-0.3, -0.25) is 14.4 Å². The molecule has 2 aromatic carbocycles. The molecule has 13 heteroatoms. The number of ether oxygens (including phenoxy) is 3. The van der Waals surface area contributed by atoms with Crippen molar-refractivity contribution in [2.45, 2.75) is 57.0 Å². The highest BCUT2D eigenvalue weighted by molar-refractivity contribution is 5.86. The fraction of sp³-hybridized carbons (Fsp3) is 0.448. The normalized spacial score (nSPS) is 21.5. The van der Waals surface area contributed by atoms with Gasteiger partial charge in [0.1, 0.15) is 18.6 Å². The molecule has 2 fully saturated rings. The summed E-state index contributed by atoms with van der Waals surface area (Å²) < 4.78 is 19.4. The smallest absolute Gasteiger partial charge is 0.244 e. The number of tetrazole rings is 1. The first-order valence-corrected chi connectivity index (χ1v) is 14.1. The molecule has 2 atom stereocenters. The summed E-state index contributed by atoms with van der Waals surface area (Å²) in [7, 11) is 1.58. The van der Waals surface area contributed by atoms with Crippen molar-refractivity contribution in [3.05, 3.63) is 59.9 Å². The maximum absolute atomic E-state index is 13.3. The van der Waals surface area contributed by atoms with Crippen LogP contribution in [-0.4, -0.2) is 92.7 Å². The molecule has 0 radical (unpaired) electrons. The Balaban J connectivity index is 1.25. The molecule has 1 aliphatic carbocycles. The second-order valence-electron chi connectivity index (χ2n) is 10.8. The first-order chi connectivity index (χ1) is 20.4. The third-order valence-electron chi connectivity index (χ3n) is 7.72.